The summed E-state index contributed by atoms with van der Waals surface area (Å²) in [6, 6.07) is 10.4. The van der Waals surface area contributed by atoms with Gasteiger partial charge in [0.05, 0.1) is 14.2 Å². The topological polar surface area (TPSA) is 142 Å². The molecule has 0 bridgehead atoms. The Morgan fingerprint density at radius 2 is 1.00 bits per heavy atom. The van der Waals surface area contributed by atoms with Crippen molar-refractivity contribution in [1.82, 2.24) is 0 Å². The second kappa shape index (κ2) is 14.8. The summed E-state index contributed by atoms with van der Waals surface area (Å²) in [6.07, 6.45) is 1.06. The molecule has 2 aromatic carbocycles. The van der Waals surface area contributed by atoms with E-state index in [2.05, 4.69) is 9.98 Å². The van der Waals surface area contributed by atoms with E-state index in [0.29, 0.717) is 34.7 Å². The first-order chi connectivity index (χ1) is 20.5. The summed E-state index contributed by atoms with van der Waals surface area (Å²) >= 11 is 0. The van der Waals surface area contributed by atoms with E-state index in [1.54, 1.807) is 77.9 Å². The molecule has 10 nitrogen and oxygen atoms in total. The molecule has 0 heterocycles. The zero-order valence-corrected chi connectivity index (χ0v) is 27.9. The molecule has 0 amide bonds. The van der Waals surface area contributed by atoms with E-state index >= 15 is 0 Å². The predicted molar refractivity (Wildman–Crippen MR) is 167 cm³/mol. The van der Waals surface area contributed by atoms with Gasteiger partial charge in [0.2, 0.25) is 0 Å². The molecule has 0 aliphatic carbocycles. The fourth-order valence-electron chi connectivity index (χ4n) is 5.13. The van der Waals surface area contributed by atoms with Crippen molar-refractivity contribution in [2.24, 2.45) is 9.98 Å². The molecule has 0 saturated heterocycles. The van der Waals surface area contributed by atoms with E-state index in [1.165, 1.54) is 14.2 Å². The molecule has 10 heteroatoms. The van der Waals surface area contributed by atoms with Crippen molar-refractivity contribution in [3.05, 3.63) is 47.5 Å². The molecule has 2 aromatic rings. The molecule has 0 radical (unpaired) electrons. The van der Waals surface area contributed by atoms with E-state index in [9.17, 15) is 19.8 Å². The van der Waals surface area contributed by atoms with Crippen LogP contribution in [0.15, 0.2) is 46.4 Å². The van der Waals surface area contributed by atoms with E-state index < -0.39 is 46.4 Å². The highest BCUT2D eigenvalue weighted by molar-refractivity contribution is 5.99. The fourth-order valence-corrected chi connectivity index (χ4v) is 5.13. The Morgan fingerprint density at radius 1 is 0.659 bits per heavy atom. The summed E-state index contributed by atoms with van der Waals surface area (Å²) in [6.45, 7) is 14.2. The summed E-state index contributed by atoms with van der Waals surface area (Å²) in [5, 5.41) is 27.4. The number of rotatable bonds is 12. The molecule has 2 atom stereocenters. The van der Waals surface area contributed by atoms with E-state index in [4.69, 9.17) is 18.9 Å². The molecule has 0 fully saturated rings. The Bertz CT molecular complexity index is 1250. The number of fused-ring (bicyclic) bond motifs is 1. The van der Waals surface area contributed by atoms with Gasteiger partial charge in [0.15, 0.2) is 11.1 Å². The van der Waals surface area contributed by atoms with Gasteiger partial charge in [0.25, 0.3) is 0 Å². The average molecular weight is 613 g/mol. The molecular weight excluding hydrogens is 564 g/mol. The molecular formula is C34H48N2O8-2. The highest BCUT2D eigenvalue weighted by Gasteiger charge is 2.45. The second-order valence-corrected chi connectivity index (χ2v) is 12.8. The van der Waals surface area contributed by atoms with Crippen molar-refractivity contribution >= 4 is 34.9 Å². The third-order valence-corrected chi connectivity index (χ3v) is 6.99. The largest absolute Gasteiger partial charge is 0.595 e. The third kappa shape index (κ3) is 8.64. The van der Waals surface area contributed by atoms with Crippen molar-refractivity contribution in [2.75, 3.05) is 14.2 Å². The van der Waals surface area contributed by atoms with Crippen LogP contribution in [0, 0.1) is 0 Å². The lowest BCUT2D eigenvalue weighted by molar-refractivity contribution is -0.262. The minimum absolute atomic E-state index is 0.166. The Labute approximate surface area is 261 Å². The first-order valence-electron chi connectivity index (χ1n) is 15.1. The number of esters is 2. The summed E-state index contributed by atoms with van der Waals surface area (Å²) in [5.41, 5.74) is -4.39. The normalized spacial score (nSPS) is 15.7. The SMILES string of the molecule is CCCCC(N=C([O-])OC(C)(C)C)(C(=O)OC)c1cccc2c(C(CCCC)(N=C([O-])OC(C)(C)C)C(=O)OC)cccc12. The van der Waals surface area contributed by atoms with Gasteiger partial charge in [-0.15, -0.1) is 0 Å². The van der Waals surface area contributed by atoms with Crippen LogP contribution < -0.4 is 10.2 Å². The number of ether oxygens (including phenoxy) is 4. The molecule has 2 rings (SSSR count). The van der Waals surface area contributed by atoms with Gasteiger partial charge in [-0.3, -0.25) is 0 Å². The number of hydrogen-bond acceptors (Lipinski definition) is 10. The molecule has 0 aliphatic rings. The van der Waals surface area contributed by atoms with Crippen LogP contribution >= 0.6 is 0 Å². The van der Waals surface area contributed by atoms with Crippen LogP contribution in [0.2, 0.25) is 0 Å². The van der Waals surface area contributed by atoms with Gasteiger partial charge >= 0.3 is 11.9 Å². The van der Waals surface area contributed by atoms with Gasteiger partial charge in [-0.1, -0.05) is 117 Å². The predicted octanol–water partition coefficient (Wildman–Crippen LogP) is 5.02. The lowest BCUT2D eigenvalue weighted by Crippen LogP contribution is -2.41. The van der Waals surface area contributed by atoms with Crippen LogP contribution in [0.3, 0.4) is 0 Å². The van der Waals surface area contributed by atoms with Crippen LogP contribution in [0.5, 0.6) is 0 Å². The maximum absolute atomic E-state index is 13.7. The van der Waals surface area contributed by atoms with Crippen molar-refractivity contribution in [1.29, 1.82) is 0 Å². The standard InChI is InChI=1S/C34H50N2O8/c1-11-13-21-33(27(37)41-9,35-29(39)43-31(3,4)5)25-19-15-18-24-23(25)17-16-20-26(24)34(22-14-12-2,28(38)42-10)36-30(40)44-32(6,7)8/h15-20H,11-14,21-22H2,1-10H3,(H,35,39)(H,36,40)/p-2. The number of hydrogen-bond donors (Lipinski definition) is 0. The summed E-state index contributed by atoms with van der Waals surface area (Å²) in [4.78, 5) is 36.1. The summed E-state index contributed by atoms with van der Waals surface area (Å²) in [7, 11) is 2.49. The fraction of sp³-hybridized carbons (Fsp3) is 0.588. The zero-order chi connectivity index (χ0) is 33.3. The lowest BCUT2D eigenvalue weighted by atomic mass is 9.78. The highest BCUT2D eigenvalue weighted by atomic mass is 16.6. The van der Waals surface area contributed by atoms with Crippen LogP contribution in [0.25, 0.3) is 10.8 Å². The van der Waals surface area contributed by atoms with Gasteiger partial charge in [0, 0.05) is 11.2 Å². The number of unbranched alkanes of at least 4 members (excludes halogenated alkanes) is 2. The molecule has 2 unspecified atom stereocenters. The number of carbonyl (C=O) groups excluding carboxylic acids is 2. The van der Waals surface area contributed by atoms with Gasteiger partial charge in [0.1, 0.15) is 12.2 Å². The van der Waals surface area contributed by atoms with Crippen molar-refractivity contribution < 1.29 is 38.7 Å². The number of benzene rings is 2. The Hall–Kier alpha value is -3.82. The molecule has 0 aliphatic heterocycles. The Balaban J connectivity index is 3.08. The smallest absolute Gasteiger partial charge is 0.338 e. The minimum atomic E-state index is -1.75. The third-order valence-electron chi connectivity index (χ3n) is 6.99. The van der Waals surface area contributed by atoms with Crippen LogP contribution in [0.4, 0.5) is 0 Å². The van der Waals surface area contributed by atoms with Gasteiger partial charge in [-0.2, -0.15) is 0 Å². The summed E-state index contributed by atoms with van der Waals surface area (Å²) in [5.74, 6) is -1.45. The van der Waals surface area contributed by atoms with Crippen LogP contribution in [-0.2, 0) is 39.6 Å². The zero-order valence-electron chi connectivity index (χ0n) is 27.9. The first kappa shape index (κ1) is 36.4. The van der Waals surface area contributed by atoms with Gasteiger partial charge in [-0.25, -0.2) is 19.6 Å². The average Bonchev–Trinajstić information content (AvgIpc) is 2.94. The molecule has 0 spiro atoms. The molecule has 0 N–H and O–H groups in total. The minimum Gasteiger partial charge on any atom is -0.595 e. The molecule has 0 saturated carbocycles. The molecule has 0 aromatic heterocycles. The number of carbonyl (C=O) groups is 2. The molecule has 44 heavy (non-hydrogen) atoms. The Kier molecular flexibility index (Phi) is 12.2. The van der Waals surface area contributed by atoms with E-state index in [1.807, 2.05) is 13.8 Å². The number of methoxy groups -OCH3 is 2. The van der Waals surface area contributed by atoms with Crippen LogP contribution in [-0.4, -0.2) is 49.5 Å². The van der Waals surface area contributed by atoms with Gasteiger partial charge < -0.3 is 29.2 Å². The maximum Gasteiger partial charge on any atom is 0.338 e. The van der Waals surface area contributed by atoms with Gasteiger partial charge in [-0.05, 0) is 34.7 Å². The van der Waals surface area contributed by atoms with Crippen molar-refractivity contribution in [3.8, 4) is 0 Å². The van der Waals surface area contributed by atoms with Crippen LogP contribution in [0.1, 0.15) is 105 Å². The van der Waals surface area contributed by atoms with E-state index in [0.717, 1.165) is 12.8 Å². The first-order valence-corrected chi connectivity index (χ1v) is 15.1. The van der Waals surface area contributed by atoms with E-state index in [-0.39, 0.29) is 12.8 Å². The second-order valence-electron chi connectivity index (χ2n) is 12.8. The maximum atomic E-state index is 13.7. The summed E-state index contributed by atoms with van der Waals surface area (Å²) < 4.78 is 21.5. The van der Waals surface area contributed by atoms with Crippen molar-refractivity contribution in [3.63, 3.8) is 0 Å². The quantitative estimate of drug-likeness (QED) is 0.185. The monoisotopic (exact) mass is 612 g/mol. The lowest BCUT2D eigenvalue weighted by Gasteiger charge is -2.35. The Morgan fingerprint density at radius 3 is 1.27 bits per heavy atom. The number of nitrogens with zero attached hydrogens (tertiary/aromatic N) is 2. The van der Waals surface area contributed by atoms with Crippen molar-refractivity contribution in [2.45, 2.75) is 116 Å². The number of aliphatic imine (C=N–C) groups is 2. The molecule has 244 valence electrons. The highest BCUT2D eigenvalue weighted by Crippen LogP contribution is 2.43.